The Kier molecular flexibility index (Phi) is 27.7. The van der Waals surface area contributed by atoms with Crippen LogP contribution in [0.5, 0.6) is 5.75 Å². The molecule has 3 aliphatic heterocycles. The molecule has 3 aliphatic rings. The van der Waals surface area contributed by atoms with E-state index in [0.717, 1.165) is 54.0 Å². The predicted octanol–water partition coefficient (Wildman–Crippen LogP) is -0.390. The maximum absolute atomic E-state index is 14.7. The minimum absolute atomic E-state index is 0.0411. The van der Waals surface area contributed by atoms with E-state index in [4.69, 9.17) is 10.5 Å². The molecule has 8 amide bonds. The molecule has 7 unspecified atom stereocenters. The first-order valence-corrected chi connectivity index (χ1v) is 29.8. The van der Waals surface area contributed by atoms with E-state index in [1.165, 1.54) is 37.6 Å². The molecule has 3 saturated heterocycles. The molecule has 1 aromatic carbocycles. The molecule has 1 aromatic heterocycles. The number of aliphatic hydroxyl groups excluding tert-OH is 6. The van der Waals surface area contributed by atoms with E-state index in [9.17, 15) is 74.1 Å². The number of benzene rings is 1. The molecule has 0 saturated carbocycles. The van der Waals surface area contributed by atoms with E-state index in [1.54, 1.807) is 12.3 Å². The van der Waals surface area contributed by atoms with E-state index in [1.807, 2.05) is 12.1 Å². The average molecular weight is 1180 g/mol. The molecule has 468 valence electrons. The van der Waals surface area contributed by atoms with E-state index in [0.29, 0.717) is 49.5 Å². The molecule has 2 aromatic rings. The third kappa shape index (κ3) is 21.0. The van der Waals surface area contributed by atoms with Crippen LogP contribution in [0.25, 0.3) is 0 Å². The summed E-state index contributed by atoms with van der Waals surface area (Å²) in [6.07, 6.45) is -3.44. The highest BCUT2D eigenvalue weighted by Crippen LogP contribution is 2.26. The van der Waals surface area contributed by atoms with Gasteiger partial charge >= 0.3 is 0 Å². The Balaban J connectivity index is 1.51. The number of rotatable bonds is 26. The lowest BCUT2D eigenvalue weighted by molar-refractivity contribution is -0.150. The number of nitrogens with two attached hydrogens (primary N) is 1. The Hall–Kier alpha value is -6.35. The van der Waals surface area contributed by atoms with Crippen molar-refractivity contribution >= 4 is 47.3 Å². The number of fused-ring (bicyclic) bond motifs is 2. The van der Waals surface area contributed by atoms with Crippen molar-refractivity contribution in [2.45, 2.75) is 222 Å². The number of ether oxygens (including phenoxy) is 1. The van der Waals surface area contributed by atoms with Gasteiger partial charge in [-0.2, -0.15) is 0 Å². The molecule has 5 rings (SSSR count). The van der Waals surface area contributed by atoms with Crippen LogP contribution in [-0.4, -0.2) is 197 Å². The fourth-order valence-electron chi connectivity index (χ4n) is 11.1. The lowest BCUT2D eigenvalue weighted by Crippen LogP contribution is -2.64. The average Bonchev–Trinajstić information content (AvgIpc) is 2.97. The zero-order valence-corrected chi connectivity index (χ0v) is 48.9. The molecule has 25 heteroatoms. The second-order valence-electron chi connectivity index (χ2n) is 23.1. The number of carbonyl (C=O) groups is 8. The molecule has 15 atom stereocenters. The van der Waals surface area contributed by atoms with E-state index < -0.39 is 159 Å². The van der Waals surface area contributed by atoms with Gasteiger partial charge in [0.2, 0.25) is 47.3 Å². The largest absolute Gasteiger partial charge is 0.508 e. The third-order valence-corrected chi connectivity index (χ3v) is 16.0. The van der Waals surface area contributed by atoms with Crippen LogP contribution in [0.2, 0.25) is 0 Å². The van der Waals surface area contributed by atoms with Crippen LogP contribution in [0, 0.1) is 11.8 Å². The van der Waals surface area contributed by atoms with Crippen LogP contribution in [0.3, 0.4) is 0 Å². The van der Waals surface area contributed by atoms with Crippen LogP contribution < -0.4 is 32.3 Å². The van der Waals surface area contributed by atoms with Crippen molar-refractivity contribution in [3.8, 4) is 5.75 Å². The summed E-state index contributed by atoms with van der Waals surface area (Å²) in [7, 11) is 0. The number of nitrogens with one attached hydrogen (secondary N) is 5. The molecule has 0 spiro atoms. The van der Waals surface area contributed by atoms with Gasteiger partial charge < -0.3 is 82.6 Å². The highest BCUT2D eigenvalue weighted by atomic mass is 16.5. The monoisotopic (exact) mass is 1180 g/mol. The molecular formula is C59H91N9O16. The number of hydrogen-bond donors (Lipinski definition) is 13. The van der Waals surface area contributed by atoms with Crippen molar-refractivity contribution in [3.05, 3.63) is 59.9 Å². The third-order valence-electron chi connectivity index (χ3n) is 16.0. The first kappa shape index (κ1) is 68.4. The number of amides is 8. The zero-order chi connectivity index (χ0) is 61.6. The summed E-state index contributed by atoms with van der Waals surface area (Å²) < 4.78 is 6.11. The highest BCUT2D eigenvalue weighted by Gasteiger charge is 2.49. The number of phenolic OH excluding ortho intramolecular Hbond substituents is 1. The summed E-state index contributed by atoms with van der Waals surface area (Å²) in [6.45, 7) is 6.89. The first-order chi connectivity index (χ1) is 40.0. The van der Waals surface area contributed by atoms with Gasteiger partial charge in [-0.25, -0.2) is 0 Å². The normalized spacial score (nSPS) is 26.7. The van der Waals surface area contributed by atoms with Crippen LogP contribution in [-0.2, 0) is 55.9 Å². The number of aromatic hydroxyl groups is 1. The van der Waals surface area contributed by atoms with Crippen LogP contribution in [0.15, 0.2) is 48.7 Å². The van der Waals surface area contributed by atoms with Crippen molar-refractivity contribution in [2.75, 3.05) is 19.7 Å². The smallest absolute Gasteiger partial charge is 0.248 e. The van der Waals surface area contributed by atoms with Gasteiger partial charge in [-0.1, -0.05) is 83.9 Å². The first-order valence-electron chi connectivity index (χ1n) is 29.8. The van der Waals surface area contributed by atoms with Crippen LogP contribution in [0.4, 0.5) is 0 Å². The standard InChI is InChI=1S/C59H91N9O16/c1-5-34(2)28-35(3)16-10-8-6-7-9-11-19-48(77)62-41-31-46(75)57(84-27-15-13-18-38-17-12-14-25-61-38)66-56(81)52-43(72)24-26-67(52)59(83)51(45(74)32-47(60)76)65-55(80)50(44(73)29-37-20-22-39(70)23-21-37)64-54(79)42-30-40(71)33-68(42)58(82)49(36(4)69)63-53(41)78/h12,14,17,20-23,25,34-36,40-46,49-52,57,69-75H,5-11,13,15-16,18-19,24,26-33H2,1-4H3,(H2,60,76)(H,62,77)(H,63,78)(H,64,79)(H,65,80)(H,66,81)/t34-,35+,36+,40+,41-,42?,43-,44?,45+,46+,49?,50?,51?,52?,57?/m0/s1. The second-order valence-corrected chi connectivity index (χ2v) is 23.1. The highest BCUT2D eigenvalue weighted by molar-refractivity contribution is 5.98. The van der Waals surface area contributed by atoms with Gasteiger partial charge in [0.1, 0.15) is 48.1 Å². The number of aryl methyl sites for hydroxylation is 1. The fourth-order valence-corrected chi connectivity index (χ4v) is 11.1. The number of unbranched alkanes of at least 4 members (excludes halogenated alkanes) is 6. The molecule has 0 bridgehead atoms. The summed E-state index contributed by atoms with van der Waals surface area (Å²) in [6, 6.07) is -0.422. The van der Waals surface area contributed by atoms with Gasteiger partial charge in [0.05, 0.1) is 36.9 Å². The Labute approximate surface area is 491 Å². The molecular weight excluding hydrogens is 1090 g/mol. The molecule has 14 N–H and O–H groups in total. The molecule has 84 heavy (non-hydrogen) atoms. The second kappa shape index (κ2) is 34.0. The van der Waals surface area contributed by atoms with Gasteiger partial charge in [-0.05, 0) is 87.1 Å². The van der Waals surface area contributed by atoms with Gasteiger partial charge in [-0.3, -0.25) is 43.3 Å². The lowest BCUT2D eigenvalue weighted by atomic mass is 9.91. The number of nitrogens with zero attached hydrogens (tertiary/aromatic N) is 3. The molecule has 25 nitrogen and oxygen atoms in total. The molecule has 0 aliphatic carbocycles. The van der Waals surface area contributed by atoms with E-state index in [-0.39, 0.29) is 31.7 Å². The minimum atomic E-state index is -2.16. The van der Waals surface area contributed by atoms with E-state index >= 15 is 0 Å². The quantitative estimate of drug-likeness (QED) is 0.0534. The summed E-state index contributed by atoms with van der Waals surface area (Å²) in [5, 5.41) is 91.1. The van der Waals surface area contributed by atoms with Crippen molar-refractivity contribution in [3.63, 3.8) is 0 Å². The minimum Gasteiger partial charge on any atom is -0.508 e. The zero-order valence-electron chi connectivity index (χ0n) is 48.9. The summed E-state index contributed by atoms with van der Waals surface area (Å²) >= 11 is 0. The summed E-state index contributed by atoms with van der Waals surface area (Å²) in [4.78, 5) is 120. The molecule has 3 fully saturated rings. The Morgan fingerprint density at radius 3 is 2.07 bits per heavy atom. The topological polar surface area (TPSA) is 393 Å². The van der Waals surface area contributed by atoms with Gasteiger partial charge in [0, 0.05) is 57.3 Å². The number of primary amides is 1. The number of hydrogen-bond acceptors (Lipinski definition) is 17. The summed E-state index contributed by atoms with van der Waals surface area (Å²) in [5.41, 5.74) is 6.56. The van der Waals surface area contributed by atoms with Crippen LogP contribution >= 0.6 is 0 Å². The van der Waals surface area contributed by atoms with Crippen molar-refractivity contribution in [2.24, 2.45) is 17.6 Å². The lowest BCUT2D eigenvalue weighted by Gasteiger charge is -2.34. The van der Waals surface area contributed by atoms with Crippen molar-refractivity contribution in [1.29, 1.82) is 0 Å². The van der Waals surface area contributed by atoms with Gasteiger partial charge in [0.25, 0.3) is 0 Å². The number of aliphatic hydroxyl groups is 6. The number of phenols is 1. The summed E-state index contributed by atoms with van der Waals surface area (Å²) in [5.74, 6) is -7.57. The van der Waals surface area contributed by atoms with Gasteiger partial charge in [-0.15, -0.1) is 0 Å². The maximum Gasteiger partial charge on any atom is 0.248 e. The Bertz CT molecular complexity index is 2460. The van der Waals surface area contributed by atoms with Crippen molar-refractivity contribution in [1.82, 2.24) is 41.4 Å². The Morgan fingerprint density at radius 1 is 0.738 bits per heavy atom. The predicted molar refractivity (Wildman–Crippen MR) is 305 cm³/mol. The SMILES string of the molecule is CC[C@H](C)C[C@H](C)CCCCCCCCC(=O)N[C@H]1C[C@@H](O)C(OCCCCc2ccccn2)NC(=O)C2[C@@H](O)CCN2C(=O)C([C@H](O)CC(N)=O)NC(=O)C(C(O)Cc2ccc(O)cc2)NC(=O)C2C[C@@H](O)CN2C(=O)C([C@@H](C)O)NC1=O. The number of carbonyl (C=O) groups excluding carboxylic acids is 8. The maximum atomic E-state index is 14.7. The van der Waals surface area contributed by atoms with Gasteiger partial charge in [0.15, 0.2) is 6.23 Å². The van der Waals surface area contributed by atoms with Crippen LogP contribution in [0.1, 0.15) is 142 Å². The molecule has 0 radical (unpaired) electrons. The Morgan fingerprint density at radius 2 is 1.40 bits per heavy atom. The van der Waals surface area contributed by atoms with Crippen molar-refractivity contribution < 1.29 is 78.8 Å². The molecule has 4 heterocycles. The number of aromatic nitrogens is 1. The van der Waals surface area contributed by atoms with E-state index in [2.05, 4.69) is 52.3 Å². The fraction of sp³-hybridized carbons (Fsp3) is 0.678. The number of pyridine rings is 1.